The van der Waals surface area contributed by atoms with Crippen molar-refractivity contribution < 1.29 is 4.74 Å². The van der Waals surface area contributed by atoms with Gasteiger partial charge in [0.25, 0.3) is 0 Å². The van der Waals surface area contributed by atoms with Gasteiger partial charge < -0.3 is 4.74 Å². The highest BCUT2D eigenvalue weighted by atomic mass is 32.1. The van der Waals surface area contributed by atoms with E-state index in [1.165, 1.54) is 21.9 Å². The Labute approximate surface area is 135 Å². The summed E-state index contributed by atoms with van der Waals surface area (Å²) in [4.78, 5) is 3.93. The number of hydrogen-bond donors (Lipinski definition) is 0. The molecule has 0 aliphatic carbocycles. The summed E-state index contributed by atoms with van der Waals surface area (Å²) >= 11 is 1.69. The molecule has 0 atom stereocenters. The Morgan fingerprint density at radius 2 is 2.09 bits per heavy atom. The van der Waals surface area contributed by atoms with Crippen molar-refractivity contribution in [3.8, 4) is 16.9 Å². The van der Waals surface area contributed by atoms with E-state index in [1.807, 2.05) is 18.3 Å². The van der Waals surface area contributed by atoms with Crippen LogP contribution in [0.25, 0.3) is 23.4 Å². The Balaban J connectivity index is 2.60. The van der Waals surface area contributed by atoms with E-state index in [9.17, 15) is 0 Å². The van der Waals surface area contributed by atoms with Crippen LogP contribution >= 0.6 is 11.3 Å². The maximum atomic E-state index is 5.29. The maximum absolute atomic E-state index is 5.29. The van der Waals surface area contributed by atoms with E-state index in [1.54, 1.807) is 18.4 Å². The Kier molecular flexibility index (Phi) is 5.73. The molecule has 0 saturated heterocycles. The van der Waals surface area contributed by atoms with Gasteiger partial charge in [0.15, 0.2) is 0 Å². The standard InChI is InChI=1S/C19H21NOS/c1-5-6-7-8-17-18(13-22-19(17)12-20-3)16-10-9-15(21-4)11-14(16)2/h5,8-13H,1,3,6-7H2,2,4H3/b17-8-,19-12+. The molecule has 2 nitrogen and oxygen atoms in total. The van der Waals surface area contributed by atoms with Gasteiger partial charge in [-0.3, -0.25) is 4.99 Å². The van der Waals surface area contributed by atoms with E-state index in [-0.39, 0.29) is 0 Å². The fraction of sp³-hybridized carbons (Fsp3) is 0.211. The largest absolute Gasteiger partial charge is 0.497 e. The topological polar surface area (TPSA) is 21.6 Å². The van der Waals surface area contributed by atoms with Crippen LogP contribution in [0.2, 0.25) is 0 Å². The van der Waals surface area contributed by atoms with Crippen LogP contribution in [0.5, 0.6) is 5.75 Å². The molecule has 0 saturated carbocycles. The molecule has 2 aromatic rings. The van der Waals surface area contributed by atoms with Crippen molar-refractivity contribution in [3.05, 3.63) is 51.5 Å². The third-order valence-electron chi connectivity index (χ3n) is 3.51. The first-order valence-electron chi connectivity index (χ1n) is 7.21. The molecule has 0 radical (unpaired) electrons. The van der Waals surface area contributed by atoms with Gasteiger partial charge in [0.1, 0.15) is 5.75 Å². The zero-order chi connectivity index (χ0) is 15.9. The van der Waals surface area contributed by atoms with E-state index in [2.05, 4.69) is 48.8 Å². The molecule has 0 aliphatic heterocycles. The van der Waals surface area contributed by atoms with Crippen LogP contribution in [-0.2, 0) is 0 Å². The first-order chi connectivity index (χ1) is 10.7. The Hall–Kier alpha value is -2.13. The number of thiophene rings is 1. The summed E-state index contributed by atoms with van der Waals surface area (Å²) in [6, 6.07) is 6.19. The lowest BCUT2D eigenvalue weighted by Gasteiger charge is -2.07. The number of aryl methyl sites for hydroxylation is 1. The fourth-order valence-electron chi connectivity index (χ4n) is 2.39. The number of methoxy groups -OCH3 is 1. The lowest BCUT2D eigenvalue weighted by atomic mass is 10.0. The molecular formula is C19H21NOS. The highest BCUT2D eigenvalue weighted by molar-refractivity contribution is 7.08. The minimum Gasteiger partial charge on any atom is -0.497 e. The summed E-state index contributed by atoms with van der Waals surface area (Å²) in [6.45, 7) is 9.46. The molecule has 0 aliphatic rings. The Morgan fingerprint density at radius 3 is 2.73 bits per heavy atom. The predicted octanol–water partition coefficient (Wildman–Crippen LogP) is 3.92. The van der Waals surface area contributed by atoms with Crippen molar-refractivity contribution in [2.75, 3.05) is 7.11 Å². The monoisotopic (exact) mass is 311 g/mol. The third-order valence-corrected chi connectivity index (χ3v) is 4.44. The molecule has 0 unspecified atom stereocenters. The van der Waals surface area contributed by atoms with Crippen LogP contribution in [0.15, 0.2) is 41.2 Å². The molecule has 1 heterocycles. The number of ether oxygens (including phenoxy) is 1. The minimum absolute atomic E-state index is 0.883. The molecule has 0 fully saturated rings. The third kappa shape index (κ3) is 3.55. The van der Waals surface area contributed by atoms with Gasteiger partial charge in [0, 0.05) is 11.8 Å². The van der Waals surface area contributed by atoms with Gasteiger partial charge in [-0.2, -0.15) is 0 Å². The molecule has 1 aromatic carbocycles. The molecule has 0 bridgehead atoms. The number of allylic oxidation sites excluding steroid dienone is 1. The van der Waals surface area contributed by atoms with Gasteiger partial charge in [0.05, 0.1) is 11.6 Å². The first-order valence-corrected chi connectivity index (χ1v) is 8.09. The van der Waals surface area contributed by atoms with Crippen LogP contribution in [0.1, 0.15) is 18.4 Å². The highest BCUT2D eigenvalue weighted by Crippen LogP contribution is 2.25. The van der Waals surface area contributed by atoms with E-state index < -0.39 is 0 Å². The number of benzene rings is 1. The lowest BCUT2D eigenvalue weighted by molar-refractivity contribution is 0.414. The number of nitrogens with zero attached hydrogens (tertiary/aromatic N) is 1. The Morgan fingerprint density at radius 1 is 1.27 bits per heavy atom. The second-order valence-electron chi connectivity index (χ2n) is 4.99. The summed E-state index contributed by atoms with van der Waals surface area (Å²) < 4.78 is 6.44. The van der Waals surface area contributed by atoms with E-state index in [0.29, 0.717) is 0 Å². The summed E-state index contributed by atoms with van der Waals surface area (Å²) in [7, 11) is 1.69. The van der Waals surface area contributed by atoms with Gasteiger partial charge >= 0.3 is 0 Å². The van der Waals surface area contributed by atoms with Crippen molar-refractivity contribution in [3.63, 3.8) is 0 Å². The average Bonchev–Trinajstić information content (AvgIpc) is 2.91. The molecule has 3 heteroatoms. The molecule has 0 amide bonds. The van der Waals surface area contributed by atoms with Crippen LogP contribution in [0, 0.1) is 6.92 Å². The SMILES string of the molecule is C=CCC/C=c1/c(-c2ccc(OC)cc2C)cs/c1=C/N=C. The first kappa shape index (κ1) is 16.2. The normalized spacial score (nSPS) is 12.5. The van der Waals surface area contributed by atoms with Crippen LogP contribution in [0.4, 0.5) is 0 Å². The number of hydrogen-bond acceptors (Lipinski definition) is 3. The van der Waals surface area contributed by atoms with Crippen LogP contribution in [-0.4, -0.2) is 13.8 Å². The average molecular weight is 311 g/mol. The maximum Gasteiger partial charge on any atom is 0.119 e. The molecule has 22 heavy (non-hydrogen) atoms. The molecule has 0 spiro atoms. The van der Waals surface area contributed by atoms with Gasteiger partial charge in [-0.05, 0) is 60.3 Å². The number of aliphatic imine (C=N–C) groups is 1. The van der Waals surface area contributed by atoms with E-state index >= 15 is 0 Å². The summed E-state index contributed by atoms with van der Waals surface area (Å²) in [5.41, 5.74) is 3.67. The quantitative estimate of drug-likeness (QED) is 0.450. The van der Waals surface area contributed by atoms with Crippen LogP contribution < -0.4 is 14.5 Å². The zero-order valence-electron chi connectivity index (χ0n) is 13.1. The molecule has 114 valence electrons. The summed E-state index contributed by atoms with van der Waals surface area (Å²) in [5, 5.41) is 3.42. The van der Waals surface area contributed by atoms with Crippen LogP contribution in [0.3, 0.4) is 0 Å². The molecule has 2 rings (SSSR count). The van der Waals surface area contributed by atoms with Crippen molar-refractivity contribution in [1.82, 2.24) is 0 Å². The lowest BCUT2D eigenvalue weighted by Crippen LogP contribution is -2.20. The van der Waals surface area contributed by atoms with Crippen molar-refractivity contribution in [1.29, 1.82) is 0 Å². The highest BCUT2D eigenvalue weighted by Gasteiger charge is 2.07. The number of unbranched alkanes of at least 4 members (excludes halogenated alkanes) is 1. The molecule has 1 aromatic heterocycles. The smallest absolute Gasteiger partial charge is 0.119 e. The minimum atomic E-state index is 0.883. The number of rotatable bonds is 6. The second-order valence-corrected chi connectivity index (χ2v) is 5.90. The van der Waals surface area contributed by atoms with Crippen molar-refractivity contribution in [2.24, 2.45) is 4.99 Å². The Bertz CT molecular complexity index is 786. The second kappa shape index (κ2) is 7.76. The van der Waals surface area contributed by atoms with Crippen molar-refractivity contribution in [2.45, 2.75) is 19.8 Å². The van der Waals surface area contributed by atoms with E-state index in [4.69, 9.17) is 4.74 Å². The van der Waals surface area contributed by atoms with Crippen molar-refractivity contribution >= 4 is 30.3 Å². The van der Waals surface area contributed by atoms with Gasteiger partial charge in [-0.15, -0.1) is 17.9 Å². The summed E-state index contributed by atoms with van der Waals surface area (Å²) in [6.07, 6.45) is 7.97. The summed E-state index contributed by atoms with van der Waals surface area (Å²) in [5.74, 6) is 0.883. The molecular weight excluding hydrogens is 290 g/mol. The predicted molar refractivity (Wildman–Crippen MR) is 98.2 cm³/mol. The molecule has 0 N–H and O–H groups in total. The fourth-order valence-corrected chi connectivity index (χ4v) is 3.35. The van der Waals surface area contributed by atoms with Gasteiger partial charge in [-0.1, -0.05) is 18.2 Å². The zero-order valence-corrected chi connectivity index (χ0v) is 14.0. The van der Waals surface area contributed by atoms with E-state index in [0.717, 1.165) is 23.1 Å². The van der Waals surface area contributed by atoms with Gasteiger partial charge in [0.2, 0.25) is 0 Å². The van der Waals surface area contributed by atoms with Gasteiger partial charge in [-0.25, -0.2) is 0 Å².